The molecule has 3 aromatic rings. The molecule has 1 heterocycles. The lowest BCUT2D eigenvalue weighted by molar-refractivity contribution is 0.0950. The zero-order chi connectivity index (χ0) is 20.1. The number of benzene rings is 2. The lowest BCUT2D eigenvalue weighted by Crippen LogP contribution is -2.23. The van der Waals surface area contributed by atoms with Crippen LogP contribution in [0.15, 0.2) is 71.8 Å². The zero-order valence-electron chi connectivity index (χ0n) is 15.1. The van der Waals surface area contributed by atoms with Crippen molar-refractivity contribution in [2.24, 2.45) is 5.14 Å². The Morgan fingerprint density at radius 2 is 1.86 bits per heavy atom. The van der Waals surface area contributed by atoms with E-state index in [1.54, 1.807) is 31.4 Å². The Balaban J connectivity index is 1.64. The Morgan fingerprint density at radius 1 is 1.11 bits per heavy atom. The van der Waals surface area contributed by atoms with E-state index in [1.165, 1.54) is 18.3 Å². The molecule has 0 aliphatic rings. The maximum Gasteiger partial charge on any atom is 0.253 e. The van der Waals surface area contributed by atoms with Gasteiger partial charge in [0.25, 0.3) is 5.91 Å². The van der Waals surface area contributed by atoms with Gasteiger partial charge in [0, 0.05) is 18.3 Å². The van der Waals surface area contributed by atoms with E-state index in [0.29, 0.717) is 5.56 Å². The standard InChI is InChI=1S/C20H19N3O4S/c1-27-17-4-2-3-15(11-17)19-10-7-16(13-22-19)20(24)23-12-14-5-8-18(9-6-14)28(21,25)26/h2-11,13H,12H2,1H3,(H,23,24)(H2,21,25,26). The van der Waals surface area contributed by atoms with E-state index in [1.807, 2.05) is 24.3 Å². The van der Waals surface area contributed by atoms with Gasteiger partial charge in [0.1, 0.15) is 5.75 Å². The van der Waals surface area contributed by atoms with E-state index in [4.69, 9.17) is 9.88 Å². The van der Waals surface area contributed by atoms with Crippen LogP contribution in [0.3, 0.4) is 0 Å². The number of sulfonamides is 1. The third kappa shape index (κ3) is 4.73. The number of hydrogen-bond donors (Lipinski definition) is 2. The fraction of sp³-hybridized carbons (Fsp3) is 0.100. The Hall–Kier alpha value is -3.23. The fourth-order valence-electron chi connectivity index (χ4n) is 2.56. The summed E-state index contributed by atoms with van der Waals surface area (Å²) in [7, 11) is -2.13. The molecule has 8 heteroatoms. The summed E-state index contributed by atoms with van der Waals surface area (Å²) in [5.74, 6) is 0.454. The average molecular weight is 397 g/mol. The molecule has 0 bridgehead atoms. The van der Waals surface area contributed by atoms with Crippen molar-refractivity contribution in [1.29, 1.82) is 0 Å². The maximum atomic E-state index is 12.3. The van der Waals surface area contributed by atoms with Crippen LogP contribution in [0.5, 0.6) is 5.75 Å². The second-order valence-corrected chi connectivity index (χ2v) is 7.60. The summed E-state index contributed by atoms with van der Waals surface area (Å²) in [4.78, 5) is 16.7. The summed E-state index contributed by atoms with van der Waals surface area (Å²) < 4.78 is 27.7. The normalized spacial score (nSPS) is 11.1. The number of nitrogens with two attached hydrogens (primary N) is 1. The Kier molecular flexibility index (Phi) is 5.72. The first-order valence-electron chi connectivity index (χ1n) is 8.37. The molecule has 0 unspecified atom stereocenters. The third-order valence-corrected chi connectivity index (χ3v) is 5.03. The average Bonchev–Trinajstić information content (AvgIpc) is 2.72. The highest BCUT2D eigenvalue weighted by Crippen LogP contribution is 2.22. The predicted molar refractivity (Wildman–Crippen MR) is 105 cm³/mol. The summed E-state index contributed by atoms with van der Waals surface area (Å²) in [6, 6.07) is 17.0. The predicted octanol–water partition coefficient (Wildman–Crippen LogP) is 2.33. The largest absolute Gasteiger partial charge is 0.497 e. The molecule has 144 valence electrons. The third-order valence-electron chi connectivity index (χ3n) is 4.10. The lowest BCUT2D eigenvalue weighted by atomic mass is 10.1. The van der Waals surface area contributed by atoms with E-state index >= 15 is 0 Å². The number of amides is 1. The van der Waals surface area contributed by atoms with Gasteiger partial charge < -0.3 is 10.1 Å². The minimum absolute atomic E-state index is 0.0277. The quantitative estimate of drug-likeness (QED) is 0.663. The summed E-state index contributed by atoms with van der Waals surface area (Å²) in [6.07, 6.45) is 1.51. The number of rotatable bonds is 6. The van der Waals surface area contributed by atoms with E-state index in [2.05, 4.69) is 10.3 Å². The summed E-state index contributed by atoms with van der Waals surface area (Å²) in [5, 5.41) is 7.84. The van der Waals surface area contributed by atoms with Gasteiger partial charge in [-0.25, -0.2) is 13.6 Å². The molecule has 0 fully saturated rings. The van der Waals surface area contributed by atoms with Crippen molar-refractivity contribution < 1.29 is 17.9 Å². The molecule has 0 aliphatic carbocycles. The highest BCUT2D eigenvalue weighted by atomic mass is 32.2. The van der Waals surface area contributed by atoms with E-state index in [-0.39, 0.29) is 17.3 Å². The molecule has 0 radical (unpaired) electrons. The van der Waals surface area contributed by atoms with Crippen LogP contribution in [0.2, 0.25) is 0 Å². The topological polar surface area (TPSA) is 111 Å². The van der Waals surface area contributed by atoms with Crippen molar-refractivity contribution in [3.8, 4) is 17.0 Å². The van der Waals surface area contributed by atoms with Crippen LogP contribution in [-0.4, -0.2) is 26.4 Å². The molecule has 0 saturated heterocycles. The fourth-order valence-corrected chi connectivity index (χ4v) is 3.08. The number of pyridine rings is 1. The van der Waals surface area contributed by atoms with Crippen LogP contribution < -0.4 is 15.2 Å². The summed E-state index contributed by atoms with van der Waals surface area (Å²) >= 11 is 0. The monoisotopic (exact) mass is 397 g/mol. The number of hydrogen-bond acceptors (Lipinski definition) is 5. The number of nitrogens with zero attached hydrogens (tertiary/aromatic N) is 1. The van der Waals surface area contributed by atoms with Gasteiger partial charge in [-0.2, -0.15) is 0 Å². The number of carbonyl (C=O) groups is 1. The van der Waals surface area contributed by atoms with Gasteiger partial charge in [0.05, 0.1) is 23.3 Å². The van der Waals surface area contributed by atoms with E-state index in [9.17, 15) is 13.2 Å². The molecule has 3 rings (SSSR count). The van der Waals surface area contributed by atoms with Crippen LogP contribution in [0.4, 0.5) is 0 Å². The van der Waals surface area contributed by atoms with Crippen LogP contribution in [0, 0.1) is 0 Å². The molecular formula is C20H19N3O4S. The first-order chi connectivity index (χ1) is 13.4. The van der Waals surface area contributed by atoms with Crippen molar-refractivity contribution in [2.45, 2.75) is 11.4 Å². The number of nitrogens with one attached hydrogen (secondary N) is 1. The maximum absolute atomic E-state index is 12.3. The second kappa shape index (κ2) is 8.20. The number of methoxy groups -OCH3 is 1. The molecule has 1 aromatic heterocycles. The smallest absolute Gasteiger partial charge is 0.253 e. The van der Waals surface area contributed by atoms with E-state index in [0.717, 1.165) is 22.6 Å². The Labute approximate surface area is 163 Å². The van der Waals surface area contributed by atoms with Crippen molar-refractivity contribution in [1.82, 2.24) is 10.3 Å². The summed E-state index contributed by atoms with van der Waals surface area (Å²) in [5.41, 5.74) is 2.80. The van der Waals surface area contributed by atoms with Crippen molar-refractivity contribution in [2.75, 3.05) is 7.11 Å². The number of ether oxygens (including phenoxy) is 1. The molecule has 2 aromatic carbocycles. The summed E-state index contributed by atoms with van der Waals surface area (Å²) in [6.45, 7) is 0.251. The molecule has 0 aliphatic heterocycles. The van der Waals surface area contributed by atoms with Gasteiger partial charge in [-0.15, -0.1) is 0 Å². The SMILES string of the molecule is COc1cccc(-c2ccc(C(=O)NCc3ccc(S(N)(=O)=O)cc3)cn2)c1. The molecular weight excluding hydrogens is 378 g/mol. The van der Waals surface area contributed by atoms with Crippen LogP contribution >= 0.6 is 0 Å². The zero-order valence-corrected chi connectivity index (χ0v) is 15.9. The Bertz CT molecular complexity index is 1080. The van der Waals surface area contributed by atoms with Gasteiger partial charge in [0.2, 0.25) is 10.0 Å². The Morgan fingerprint density at radius 3 is 2.46 bits per heavy atom. The van der Waals surface area contributed by atoms with Crippen LogP contribution in [0.1, 0.15) is 15.9 Å². The van der Waals surface area contributed by atoms with Gasteiger partial charge in [-0.1, -0.05) is 24.3 Å². The van der Waals surface area contributed by atoms with Crippen molar-refractivity contribution in [3.63, 3.8) is 0 Å². The second-order valence-electron chi connectivity index (χ2n) is 6.04. The lowest BCUT2D eigenvalue weighted by Gasteiger charge is -2.07. The van der Waals surface area contributed by atoms with Crippen LogP contribution in [-0.2, 0) is 16.6 Å². The van der Waals surface area contributed by atoms with Gasteiger partial charge in [0.15, 0.2) is 0 Å². The molecule has 0 atom stereocenters. The number of aromatic nitrogens is 1. The molecule has 7 nitrogen and oxygen atoms in total. The first kappa shape index (κ1) is 19.5. The molecule has 1 amide bonds. The molecule has 3 N–H and O–H groups in total. The van der Waals surface area contributed by atoms with E-state index < -0.39 is 10.0 Å². The minimum Gasteiger partial charge on any atom is -0.497 e. The number of primary sulfonamides is 1. The molecule has 0 saturated carbocycles. The first-order valence-corrected chi connectivity index (χ1v) is 9.92. The van der Waals surface area contributed by atoms with Gasteiger partial charge >= 0.3 is 0 Å². The van der Waals surface area contributed by atoms with Gasteiger partial charge in [-0.3, -0.25) is 9.78 Å². The van der Waals surface area contributed by atoms with Crippen molar-refractivity contribution in [3.05, 3.63) is 78.0 Å². The molecule has 0 spiro atoms. The highest BCUT2D eigenvalue weighted by Gasteiger charge is 2.09. The van der Waals surface area contributed by atoms with Gasteiger partial charge in [-0.05, 0) is 42.0 Å². The van der Waals surface area contributed by atoms with Crippen LogP contribution in [0.25, 0.3) is 11.3 Å². The number of carbonyl (C=O) groups excluding carboxylic acids is 1. The highest BCUT2D eigenvalue weighted by molar-refractivity contribution is 7.89. The van der Waals surface area contributed by atoms with Crippen molar-refractivity contribution >= 4 is 15.9 Å². The minimum atomic E-state index is -3.73. The molecule has 28 heavy (non-hydrogen) atoms.